The summed E-state index contributed by atoms with van der Waals surface area (Å²) in [5.74, 6) is -3.96. The van der Waals surface area contributed by atoms with Gasteiger partial charge in [0.05, 0.1) is 12.4 Å². The molecule has 39 heavy (non-hydrogen) atoms. The Bertz CT molecular complexity index is 975. The number of amides is 4. The second kappa shape index (κ2) is 15.2. The maximum Gasteiger partial charge on any atom is 0.326 e. The maximum atomic E-state index is 13.4. The Morgan fingerprint density at radius 2 is 1.54 bits per heavy atom. The van der Waals surface area contributed by atoms with Crippen molar-refractivity contribution in [2.45, 2.75) is 103 Å². The van der Waals surface area contributed by atoms with Crippen LogP contribution in [0.3, 0.4) is 0 Å². The van der Waals surface area contributed by atoms with E-state index in [0.717, 1.165) is 32.1 Å². The highest BCUT2D eigenvalue weighted by Crippen LogP contribution is 2.27. The first kappa shape index (κ1) is 31.7. The third-order valence-electron chi connectivity index (χ3n) is 6.89. The molecular formula is C26H42N6O7. The number of nitrogens with one attached hydrogen (secondary N) is 5. The highest BCUT2D eigenvalue weighted by molar-refractivity contribution is 5.95. The Labute approximate surface area is 228 Å². The van der Waals surface area contributed by atoms with Crippen molar-refractivity contribution in [1.29, 1.82) is 0 Å². The second-order valence-electron chi connectivity index (χ2n) is 10.6. The number of aromatic amines is 1. The van der Waals surface area contributed by atoms with Crippen LogP contribution in [0.4, 0.5) is 0 Å². The van der Waals surface area contributed by atoms with Gasteiger partial charge in [-0.05, 0) is 25.2 Å². The number of aliphatic carboxylic acids is 1. The molecule has 0 aromatic carbocycles. The Morgan fingerprint density at radius 1 is 0.923 bits per heavy atom. The molecule has 13 nitrogen and oxygen atoms in total. The average molecular weight is 551 g/mol. The normalized spacial score (nSPS) is 17.8. The fourth-order valence-corrected chi connectivity index (χ4v) is 4.74. The van der Waals surface area contributed by atoms with Crippen molar-refractivity contribution in [2.24, 2.45) is 11.8 Å². The van der Waals surface area contributed by atoms with E-state index >= 15 is 0 Å². The zero-order chi connectivity index (χ0) is 29.1. The van der Waals surface area contributed by atoms with Crippen molar-refractivity contribution in [2.75, 3.05) is 0 Å². The van der Waals surface area contributed by atoms with Gasteiger partial charge in [-0.2, -0.15) is 0 Å². The molecule has 2 rings (SSSR count). The van der Waals surface area contributed by atoms with E-state index < -0.39 is 65.8 Å². The lowest BCUT2D eigenvalue weighted by molar-refractivity contribution is -0.142. The van der Waals surface area contributed by atoms with E-state index in [4.69, 9.17) is 0 Å². The van der Waals surface area contributed by atoms with Crippen LogP contribution in [0.2, 0.25) is 0 Å². The monoisotopic (exact) mass is 550 g/mol. The summed E-state index contributed by atoms with van der Waals surface area (Å²) in [5, 5.41) is 29.9. The number of nitrogens with zero attached hydrogens (tertiary/aromatic N) is 1. The Kier molecular flexibility index (Phi) is 12.4. The first-order valence-corrected chi connectivity index (χ1v) is 13.4. The van der Waals surface area contributed by atoms with Crippen molar-refractivity contribution in [3.8, 4) is 0 Å². The number of rotatable bonds is 14. The van der Waals surface area contributed by atoms with Gasteiger partial charge in [0.25, 0.3) is 0 Å². The van der Waals surface area contributed by atoms with E-state index in [2.05, 4.69) is 31.2 Å². The van der Waals surface area contributed by atoms with Gasteiger partial charge in [-0.3, -0.25) is 19.2 Å². The maximum absolute atomic E-state index is 13.4. The molecule has 1 aliphatic carbocycles. The van der Waals surface area contributed by atoms with E-state index in [0.29, 0.717) is 12.1 Å². The van der Waals surface area contributed by atoms with Crippen molar-refractivity contribution in [1.82, 2.24) is 31.2 Å². The van der Waals surface area contributed by atoms with Crippen LogP contribution in [0.5, 0.6) is 0 Å². The number of hydrogen-bond acceptors (Lipinski definition) is 7. The number of carbonyl (C=O) groups is 5. The lowest BCUT2D eigenvalue weighted by Gasteiger charge is -2.30. The predicted octanol–water partition coefficient (Wildman–Crippen LogP) is 0.00310. The molecule has 1 heterocycles. The van der Waals surface area contributed by atoms with Crippen molar-refractivity contribution < 1.29 is 34.2 Å². The summed E-state index contributed by atoms with van der Waals surface area (Å²) in [5.41, 5.74) is 0.532. The van der Waals surface area contributed by atoms with E-state index in [9.17, 15) is 34.2 Å². The highest BCUT2D eigenvalue weighted by atomic mass is 16.4. The molecule has 0 saturated heterocycles. The number of carboxylic acids is 1. The molecule has 7 N–H and O–H groups in total. The van der Waals surface area contributed by atoms with Gasteiger partial charge in [0.15, 0.2) is 0 Å². The Morgan fingerprint density at radius 3 is 2.05 bits per heavy atom. The molecule has 13 heteroatoms. The van der Waals surface area contributed by atoms with E-state index in [-0.39, 0.29) is 12.3 Å². The summed E-state index contributed by atoms with van der Waals surface area (Å²) in [6, 6.07) is -4.61. The molecule has 0 spiro atoms. The number of aromatic nitrogens is 2. The number of aliphatic hydroxyl groups is 1. The minimum Gasteiger partial charge on any atom is -0.480 e. The Hall–Kier alpha value is -3.48. The molecule has 1 aromatic heterocycles. The zero-order valence-electron chi connectivity index (χ0n) is 23.0. The van der Waals surface area contributed by atoms with Crippen molar-refractivity contribution in [3.05, 3.63) is 18.2 Å². The smallest absolute Gasteiger partial charge is 0.326 e. The molecule has 0 unspecified atom stereocenters. The summed E-state index contributed by atoms with van der Waals surface area (Å²) in [4.78, 5) is 69.6. The summed E-state index contributed by atoms with van der Waals surface area (Å²) in [6.45, 7) is 5.97. The van der Waals surface area contributed by atoms with Crippen LogP contribution in [-0.2, 0) is 30.4 Å². The first-order chi connectivity index (χ1) is 18.4. The largest absolute Gasteiger partial charge is 0.480 e. The van der Waals surface area contributed by atoms with Crippen molar-refractivity contribution >= 4 is 29.6 Å². The third-order valence-corrected chi connectivity index (χ3v) is 6.89. The average Bonchev–Trinajstić information content (AvgIpc) is 3.38. The molecule has 0 aliphatic heterocycles. The standard InChI is InChI=1S/C26H42N6O7/c1-14(2)21(32-25(37)22(15(3)33)29-16(4)34)24(36)30-19(10-17-8-6-5-7-9-17)23(35)31-20(26(38)39)11-18-12-27-13-28-18/h12-15,17,19-22,33H,5-11H2,1-4H3,(H,27,28)(H,29,34)(H,30,36)(H,31,35)(H,32,37)(H,38,39)/t15-,19+,20+,21+,22+/m1/s1. The van der Waals surface area contributed by atoms with Crippen LogP contribution in [0.25, 0.3) is 0 Å². The number of H-pyrrole nitrogens is 1. The highest BCUT2D eigenvalue weighted by Gasteiger charge is 2.34. The quantitative estimate of drug-likeness (QED) is 0.168. The van der Waals surface area contributed by atoms with Gasteiger partial charge in [0, 0.05) is 25.2 Å². The van der Waals surface area contributed by atoms with Crippen LogP contribution in [0.15, 0.2) is 12.5 Å². The second-order valence-corrected chi connectivity index (χ2v) is 10.6. The van der Waals surface area contributed by atoms with Gasteiger partial charge in [-0.1, -0.05) is 46.0 Å². The molecule has 5 atom stereocenters. The molecule has 4 amide bonds. The van der Waals surface area contributed by atoms with Gasteiger partial charge in [0.2, 0.25) is 23.6 Å². The molecule has 0 bridgehead atoms. The summed E-state index contributed by atoms with van der Waals surface area (Å²) in [6.07, 6.45) is 6.91. The molecular weight excluding hydrogens is 508 g/mol. The van der Waals surface area contributed by atoms with Gasteiger partial charge in [0.1, 0.15) is 24.2 Å². The van der Waals surface area contributed by atoms with Crippen molar-refractivity contribution in [3.63, 3.8) is 0 Å². The SMILES string of the molecule is CC(=O)N[C@H](C(=O)N[C@H](C(=O)N[C@@H](CC1CCCCC1)C(=O)N[C@@H](Cc1cnc[nH]1)C(=O)O)C(C)C)[C@@H](C)O. The Balaban J connectivity index is 2.20. The first-order valence-electron chi connectivity index (χ1n) is 13.4. The minimum atomic E-state index is -1.27. The van der Waals surface area contributed by atoms with E-state index in [1.165, 1.54) is 26.4 Å². The number of hydrogen-bond donors (Lipinski definition) is 7. The fraction of sp³-hybridized carbons (Fsp3) is 0.692. The van der Waals surface area contributed by atoms with E-state index in [1.54, 1.807) is 13.8 Å². The lowest BCUT2D eigenvalue weighted by Crippen LogP contribution is -2.60. The number of aliphatic hydroxyl groups excluding tert-OH is 1. The summed E-state index contributed by atoms with van der Waals surface area (Å²) < 4.78 is 0. The van der Waals surface area contributed by atoms with Gasteiger partial charge >= 0.3 is 5.97 Å². The molecule has 1 aromatic rings. The minimum absolute atomic E-state index is 0.0142. The molecule has 1 fully saturated rings. The number of imidazole rings is 1. The fourth-order valence-electron chi connectivity index (χ4n) is 4.74. The van der Waals surface area contributed by atoms with Gasteiger partial charge in [-0.25, -0.2) is 9.78 Å². The molecule has 1 aliphatic rings. The summed E-state index contributed by atoms with van der Waals surface area (Å²) in [7, 11) is 0. The summed E-state index contributed by atoms with van der Waals surface area (Å²) >= 11 is 0. The molecule has 0 radical (unpaired) electrons. The third kappa shape index (κ3) is 10.3. The number of carboxylic acid groups (broad SMARTS) is 1. The topological polar surface area (TPSA) is 203 Å². The zero-order valence-corrected chi connectivity index (χ0v) is 23.0. The van der Waals surface area contributed by atoms with Gasteiger partial charge in [-0.15, -0.1) is 0 Å². The van der Waals surface area contributed by atoms with E-state index in [1.807, 2.05) is 0 Å². The number of carbonyl (C=O) groups excluding carboxylic acids is 4. The lowest BCUT2D eigenvalue weighted by atomic mass is 9.84. The van der Waals surface area contributed by atoms with Crippen LogP contribution in [0, 0.1) is 11.8 Å². The molecule has 218 valence electrons. The van der Waals surface area contributed by atoms with Crippen LogP contribution >= 0.6 is 0 Å². The van der Waals surface area contributed by atoms with Crippen LogP contribution in [0.1, 0.15) is 71.9 Å². The molecule has 1 saturated carbocycles. The van der Waals surface area contributed by atoms with Gasteiger partial charge < -0.3 is 36.5 Å². The predicted molar refractivity (Wildman–Crippen MR) is 141 cm³/mol. The van der Waals surface area contributed by atoms with Crippen LogP contribution in [-0.4, -0.2) is 80.1 Å². The van der Waals surface area contributed by atoms with Crippen LogP contribution < -0.4 is 21.3 Å².